The first-order valence-corrected chi connectivity index (χ1v) is 8.08. The Morgan fingerprint density at radius 3 is 2.18 bits per heavy atom. The molecular formula is C17H26BNO3. The zero-order valence-electron chi connectivity index (χ0n) is 14.3. The van der Waals surface area contributed by atoms with Crippen LogP contribution in [0.5, 0.6) is 5.75 Å². The molecule has 0 aromatic heterocycles. The number of hydrogen-bond donors (Lipinski definition) is 0. The van der Waals surface area contributed by atoms with Crippen LogP contribution < -0.4 is 10.2 Å². The first kappa shape index (κ1) is 15.8. The summed E-state index contributed by atoms with van der Waals surface area (Å²) in [7, 11) is 1.82. The van der Waals surface area contributed by atoms with Gasteiger partial charge in [0, 0.05) is 13.1 Å². The lowest BCUT2D eigenvalue weighted by Gasteiger charge is -2.32. The van der Waals surface area contributed by atoms with Crippen LogP contribution in [0.2, 0.25) is 0 Å². The summed E-state index contributed by atoms with van der Waals surface area (Å²) in [5.41, 5.74) is 0.428. The average molecular weight is 303 g/mol. The normalized spacial score (nSPS) is 27.3. The summed E-state index contributed by atoms with van der Waals surface area (Å²) in [6.45, 7) is 10.4. The second-order valence-electron chi connectivity index (χ2n) is 7.45. The van der Waals surface area contributed by atoms with Gasteiger partial charge in [-0.05, 0) is 58.8 Å². The Bertz CT molecular complexity index is 513. The third kappa shape index (κ3) is 3.03. The van der Waals surface area contributed by atoms with Gasteiger partial charge in [-0.15, -0.1) is 0 Å². The van der Waals surface area contributed by atoms with Gasteiger partial charge in [-0.2, -0.15) is 0 Å². The Kier molecular flexibility index (Phi) is 4.00. The highest BCUT2D eigenvalue weighted by Gasteiger charge is 2.51. The minimum absolute atomic E-state index is 0.299. The molecule has 1 atom stereocenters. The fraction of sp³-hybridized carbons (Fsp3) is 0.647. The van der Waals surface area contributed by atoms with Crippen molar-refractivity contribution in [2.24, 2.45) is 0 Å². The SMILES string of the molecule is CN1CC[C@H](Oc2ccc(B3OC(C)(C)C(C)(C)O3)cc2)C1. The van der Waals surface area contributed by atoms with E-state index < -0.39 is 0 Å². The maximum Gasteiger partial charge on any atom is 0.494 e. The summed E-state index contributed by atoms with van der Waals surface area (Å²) < 4.78 is 18.2. The predicted molar refractivity (Wildman–Crippen MR) is 88.7 cm³/mol. The predicted octanol–water partition coefficient (Wildman–Crippen LogP) is 2.07. The minimum atomic E-state index is -0.309. The molecule has 0 saturated carbocycles. The second-order valence-corrected chi connectivity index (χ2v) is 7.45. The van der Waals surface area contributed by atoms with Crippen LogP contribution >= 0.6 is 0 Å². The lowest BCUT2D eigenvalue weighted by Crippen LogP contribution is -2.41. The van der Waals surface area contributed by atoms with E-state index in [9.17, 15) is 0 Å². The van der Waals surface area contributed by atoms with Crippen molar-refractivity contribution in [1.29, 1.82) is 0 Å². The summed E-state index contributed by atoms with van der Waals surface area (Å²) in [5, 5.41) is 0. The molecule has 0 radical (unpaired) electrons. The van der Waals surface area contributed by atoms with Crippen molar-refractivity contribution < 1.29 is 14.0 Å². The maximum absolute atomic E-state index is 6.07. The zero-order valence-corrected chi connectivity index (χ0v) is 14.3. The van der Waals surface area contributed by atoms with Gasteiger partial charge in [0.2, 0.25) is 0 Å². The monoisotopic (exact) mass is 303 g/mol. The summed E-state index contributed by atoms with van der Waals surface area (Å²) in [6.07, 6.45) is 1.39. The van der Waals surface area contributed by atoms with Crippen molar-refractivity contribution in [3.05, 3.63) is 24.3 Å². The quantitative estimate of drug-likeness (QED) is 0.800. The largest absolute Gasteiger partial charge is 0.494 e. The van der Waals surface area contributed by atoms with Crippen LogP contribution in [-0.2, 0) is 9.31 Å². The zero-order chi connectivity index (χ0) is 16.0. The topological polar surface area (TPSA) is 30.9 Å². The molecule has 0 bridgehead atoms. The standard InChI is InChI=1S/C17H26BNO3/c1-16(2)17(3,4)22-18(21-16)13-6-8-14(9-7-13)20-15-10-11-19(5)12-15/h6-9,15H,10-12H2,1-5H3/t15-/m0/s1. The van der Waals surface area contributed by atoms with Gasteiger partial charge in [0.25, 0.3) is 0 Å². The number of rotatable bonds is 3. The molecule has 22 heavy (non-hydrogen) atoms. The fourth-order valence-electron chi connectivity index (χ4n) is 2.87. The van der Waals surface area contributed by atoms with Gasteiger partial charge in [-0.25, -0.2) is 0 Å². The molecule has 120 valence electrons. The molecule has 2 heterocycles. The molecule has 3 rings (SSSR count). The molecule has 2 saturated heterocycles. The van der Waals surface area contributed by atoms with E-state index in [-0.39, 0.29) is 18.3 Å². The third-order valence-electron chi connectivity index (χ3n) is 5.06. The van der Waals surface area contributed by atoms with Crippen molar-refractivity contribution >= 4 is 12.6 Å². The molecule has 1 aromatic rings. The summed E-state index contributed by atoms with van der Waals surface area (Å²) in [6, 6.07) is 8.10. The molecular weight excluding hydrogens is 277 g/mol. The van der Waals surface area contributed by atoms with E-state index in [1.165, 1.54) is 0 Å². The van der Waals surface area contributed by atoms with E-state index in [0.29, 0.717) is 6.10 Å². The molecule has 0 aliphatic carbocycles. The van der Waals surface area contributed by atoms with Crippen molar-refractivity contribution in [3.63, 3.8) is 0 Å². The number of benzene rings is 1. The Morgan fingerprint density at radius 1 is 1.09 bits per heavy atom. The van der Waals surface area contributed by atoms with E-state index in [1.807, 2.05) is 24.3 Å². The Hall–Kier alpha value is -1.04. The highest BCUT2D eigenvalue weighted by atomic mass is 16.7. The molecule has 2 aliphatic rings. The number of nitrogens with zero attached hydrogens (tertiary/aromatic N) is 1. The van der Waals surface area contributed by atoms with E-state index in [4.69, 9.17) is 14.0 Å². The Morgan fingerprint density at radius 2 is 1.68 bits per heavy atom. The number of ether oxygens (including phenoxy) is 1. The van der Waals surface area contributed by atoms with Gasteiger partial charge in [0.05, 0.1) is 11.2 Å². The van der Waals surface area contributed by atoms with Crippen LogP contribution in [0.4, 0.5) is 0 Å². The van der Waals surface area contributed by atoms with Gasteiger partial charge in [-0.1, -0.05) is 12.1 Å². The Balaban J connectivity index is 1.65. The van der Waals surface area contributed by atoms with Crippen molar-refractivity contribution in [2.75, 3.05) is 20.1 Å². The number of likely N-dealkylation sites (tertiary alicyclic amines) is 1. The van der Waals surface area contributed by atoms with Gasteiger partial charge in [-0.3, -0.25) is 0 Å². The van der Waals surface area contributed by atoms with Crippen LogP contribution in [0.3, 0.4) is 0 Å². The van der Waals surface area contributed by atoms with Crippen molar-refractivity contribution in [1.82, 2.24) is 4.90 Å². The van der Waals surface area contributed by atoms with Crippen LogP contribution in [0.1, 0.15) is 34.1 Å². The molecule has 5 heteroatoms. The van der Waals surface area contributed by atoms with Crippen LogP contribution in [0, 0.1) is 0 Å². The minimum Gasteiger partial charge on any atom is -0.489 e. The molecule has 4 nitrogen and oxygen atoms in total. The van der Waals surface area contributed by atoms with E-state index >= 15 is 0 Å². The summed E-state index contributed by atoms with van der Waals surface area (Å²) in [4.78, 5) is 2.30. The lowest BCUT2D eigenvalue weighted by molar-refractivity contribution is 0.00578. The van der Waals surface area contributed by atoms with Crippen molar-refractivity contribution in [3.8, 4) is 5.75 Å². The highest BCUT2D eigenvalue weighted by molar-refractivity contribution is 6.62. The molecule has 0 spiro atoms. The van der Waals surface area contributed by atoms with Crippen LogP contribution in [0.25, 0.3) is 0 Å². The van der Waals surface area contributed by atoms with Gasteiger partial charge < -0.3 is 18.9 Å². The number of likely N-dealkylation sites (N-methyl/N-ethyl adjacent to an activating group) is 1. The van der Waals surface area contributed by atoms with Crippen LogP contribution in [0.15, 0.2) is 24.3 Å². The van der Waals surface area contributed by atoms with E-state index in [2.05, 4.69) is 39.6 Å². The van der Waals surface area contributed by atoms with Crippen LogP contribution in [-0.4, -0.2) is 49.5 Å². The first-order chi connectivity index (χ1) is 10.3. The van der Waals surface area contributed by atoms with Crippen molar-refractivity contribution in [2.45, 2.75) is 51.4 Å². The van der Waals surface area contributed by atoms with E-state index in [0.717, 1.165) is 30.7 Å². The molecule has 0 N–H and O–H groups in total. The summed E-state index contributed by atoms with van der Waals surface area (Å²) in [5.74, 6) is 0.917. The average Bonchev–Trinajstić information content (AvgIpc) is 2.92. The second kappa shape index (κ2) is 5.55. The number of hydrogen-bond acceptors (Lipinski definition) is 4. The fourth-order valence-corrected chi connectivity index (χ4v) is 2.87. The smallest absolute Gasteiger partial charge is 0.489 e. The molecule has 0 amide bonds. The van der Waals surface area contributed by atoms with Gasteiger partial charge in [0.15, 0.2) is 0 Å². The van der Waals surface area contributed by atoms with Gasteiger partial charge >= 0.3 is 7.12 Å². The molecule has 0 unspecified atom stereocenters. The maximum atomic E-state index is 6.07. The molecule has 2 fully saturated rings. The first-order valence-electron chi connectivity index (χ1n) is 8.08. The van der Waals surface area contributed by atoms with E-state index in [1.54, 1.807) is 0 Å². The van der Waals surface area contributed by atoms with Gasteiger partial charge in [0.1, 0.15) is 11.9 Å². The lowest BCUT2D eigenvalue weighted by atomic mass is 9.79. The highest BCUT2D eigenvalue weighted by Crippen LogP contribution is 2.36. The third-order valence-corrected chi connectivity index (χ3v) is 5.06. The summed E-state index contributed by atoms with van der Waals surface area (Å²) >= 11 is 0. The molecule has 2 aliphatic heterocycles. The molecule has 1 aromatic carbocycles. The Labute approximate surface area is 133 Å².